The second kappa shape index (κ2) is 8.01. The number of hydrogen-bond donors (Lipinski definition) is 2. The zero-order chi connectivity index (χ0) is 15.0. The number of benzene rings is 1. The number of aryl methyl sites for hydroxylation is 1. The Hall–Kier alpha value is -1.40. The van der Waals surface area contributed by atoms with Gasteiger partial charge in [-0.15, -0.1) is 0 Å². The van der Waals surface area contributed by atoms with Crippen LogP contribution in [0.25, 0.3) is 0 Å². The maximum atomic E-state index is 12.0. The van der Waals surface area contributed by atoms with E-state index in [4.69, 9.17) is 5.11 Å². The van der Waals surface area contributed by atoms with Crippen LogP contribution < -0.4 is 5.32 Å². The van der Waals surface area contributed by atoms with Crippen LogP contribution in [0, 0.1) is 6.92 Å². The van der Waals surface area contributed by atoms with Crippen molar-refractivity contribution in [2.24, 2.45) is 0 Å². The van der Waals surface area contributed by atoms with Crippen LogP contribution in [0.1, 0.15) is 24.8 Å². The molecule has 2 N–H and O–H groups in total. The van der Waals surface area contributed by atoms with Gasteiger partial charge in [0.25, 0.3) is 0 Å². The van der Waals surface area contributed by atoms with Gasteiger partial charge in [-0.2, -0.15) is 0 Å². The predicted octanol–water partition coefficient (Wildman–Crippen LogP) is 1.61. The van der Waals surface area contributed by atoms with Gasteiger partial charge in [0.2, 0.25) is 0 Å². The summed E-state index contributed by atoms with van der Waals surface area (Å²) in [4.78, 5) is 10.6. The molecule has 0 aromatic heterocycles. The average molecular weight is 299 g/mol. The summed E-state index contributed by atoms with van der Waals surface area (Å²) in [6.45, 7) is 2.97. The van der Waals surface area contributed by atoms with Crippen LogP contribution in [0.2, 0.25) is 0 Å². The Morgan fingerprint density at radius 2 is 1.80 bits per heavy atom. The van der Waals surface area contributed by atoms with E-state index in [9.17, 15) is 13.2 Å². The lowest BCUT2D eigenvalue weighted by atomic mass is 10.2. The third-order valence-electron chi connectivity index (χ3n) is 2.91. The Morgan fingerprint density at radius 3 is 2.40 bits per heavy atom. The van der Waals surface area contributed by atoms with Gasteiger partial charge >= 0.3 is 5.97 Å². The Kier molecular flexibility index (Phi) is 6.67. The molecule has 0 saturated heterocycles. The summed E-state index contributed by atoms with van der Waals surface area (Å²) in [5, 5.41) is 11.4. The van der Waals surface area contributed by atoms with Crippen molar-refractivity contribution in [3.8, 4) is 0 Å². The summed E-state index contributed by atoms with van der Waals surface area (Å²) in [5.74, 6) is -0.712. The molecule has 0 unspecified atom stereocenters. The number of hydrogen-bond acceptors (Lipinski definition) is 4. The fraction of sp³-hybridized carbons (Fsp3) is 0.500. The van der Waals surface area contributed by atoms with E-state index in [0.717, 1.165) is 5.56 Å². The molecule has 0 aliphatic rings. The van der Waals surface area contributed by atoms with E-state index in [1.807, 2.05) is 6.92 Å². The number of aliphatic carboxylic acids is 1. The third kappa shape index (κ3) is 6.16. The SMILES string of the molecule is Cc1ccc(S(=O)(=O)CCCCNCCC(=O)O)cc1. The number of sulfone groups is 1. The Balaban J connectivity index is 2.27. The average Bonchev–Trinajstić information content (AvgIpc) is 2.37. The van der Waals surface area contributed by atoms with Crippen LogP contribution in [-0.4, -0.2) is 38.3 Å². The highest BCUT2D eigenvalue weighted by Gasteiger charge is 2.13. The van der Waals surface area contributed by atoms with Crippen LogP contribution in [0.4, 0.5) is 0 Å². The van der Waals surface area contributed by atoms with Gasteiger partial charge in [-0.3, -0.25) is 4.79 Å². The van der Waals surface area contributed by atoms with Crippen LogP contribution >= 0.6 is 0 Å². The Bertz CT molecular complexity index is 523. The van der Waals surface area contributed by atoms with Crippen LogP contribution in [0.5, 0.6) is 0 Å². The smallest absolute Gasteiger partial charge is 0.304 e. The largest absolute Gasteiger partial charge is 0.481 e. The quantitative estimate of drug-likeness (QED) is 0.677. The van der Waals surface area contributed by atoms with Gasteiger partial charge in [0, 0.05) is 6.54 Å². The van der Waals surface area contributed by atoms with E-state index in [0.29, 0.717) is 30.8 Å². The van der Waals surface area contributed by atoms with Crippen molar-refractivity contribution in [3.05, 3.63) is 29.8 Å². The van der Waals surface area contributed by atoms with E-state index >= 15 is 0 Å². The monoisotopic (exact) mass is 299 g/mol. The number of rotatable bonds is 9. The Labute approximate surface area is 119 Å². The third-order valence-corrected chi connectivity index (χ3v) is 4.73. The van der Waals surface area contributed by atoms with Crippen molar-refractivity contribution in [1.82, 2.24) is 5.32 Å². The highest BCUT2D eigenvalue weighted by atomic mass is 32.2. The van der Waals surface area contributed by atoms with Crippen LogP contribution in [0.15, 0.2) is 29.2 Å². The van der Waals surface area contributed by atoms with Crippen molar-refractivity contribution >= 4 is 15.8 Å². The summed E-state index contributed by atoms with van der Waals surface area (Å²) < 4.78 is 24.0. The molecule has 5 nitrogen and oxygen atoms in total. The van der Waals surface area contributed by atoms with Crippen molar-refractivity contribution < 1.29 is 18.3 Å². The first kappa shape index (κ1) is 16.7. The normalized spacial score (nSPS) is 11.4. The van der Waals surface area contributed by atoms with E-state index in [-0.39, 0.29) is 12.2 Å². The molecule has 0 atom stereocenters. The standard InChI is InChI=1S/C14H21NO4S/c1-12-4-6-13(7-5-12)20(18,19)11-3-2-9-15-10-8-14(16)17/h4-7,15H,2-3,8-11H2,1H3,(H,16,17). The van der Waals surface area contributed by atoms with E-state index < -0.39 is 15.8 Å². The first-order valence-electron chi connectivity index (χ1n) is 6.64. The molecule has 112 valence electrons. The molecular weight excluding hydrogens is 278 g/mol. The zero-order valence-electron chi connectivity index (χ0n) is 11.6. The molecular formula is C14H21NO4S. The molecule has 0 radical (unpaired) electrons. The fourth-order valence-corrected chi connectivity index (χ4v) is 3.10. The van der Waals surface area contributed by atoms with Crippen LogP contribution in [-0.2, 0) is 14.6 Å². The molecule has 0 heterocycles. The molecule has 0 aliphatic heterocycles. The number of carboxylic acid groups (broad SMARTS) is 1. The maximum absolute atomic E-state index is 12.0. The van der Waals surface area contributed by atoms with Crippen molar-refractivity contribution in [1.29, 1.82) is 0 Å². The van der Waals surface area contributed by atoms with Gasteiger partial charge in [0.1, 0.15) is 0 Å². The lowest BCUT2D eigenvalue weighted by molar-refractivity contribution is -0.136. The molecule has 0 fully saturated rings. The van der Waals surface area contributed by atoms with E-state index in [2.05, 4.69) is 5.32 Å². The van der Waals surface area contributed by atoms with Crippen molar-refractivity contribution in [2.75, 3.05) is 18.8 Å². The molecule has 20 heavy (non-hydrogen) atoms. The molecule has 0 aliphatic carbocycles. The molecule has 1 rings (SSSR count). The minimum Gasteiger partial charge on any atom is -0.481 e. The lowest BCUT2D eigenvalue weighted by Gasteiger charge is -2.05. The maximum Gasteiger partial charge on any atom is 0.304 e. The fourth-order valence-electron chi connectivity index (χ4n) is 1.73. The summed E-state index contributed by atoms with van der Waals surface area (Å²) in [6.07, 6.45) is 1.36. The minimum atomic E-state index is -3.21. The summed E-state index contributed by atoms with van der Waals surface area (Å²) >= 11 is 0. The first-order valence-corrected chi connectivity index (χ1v) is 8.29. The van der Waals surface area contributed by atoms with Gasteiger partial charge in [-0.05, 0) is 38.4 Å². The van der Waals surface area contributed by atoms with E-state index in [1.54, 1.807) is 24.3 Å². The number of carboxylic acids is 1. The Morgan fingerprint density at radius 1 is 1.15 bits per heavy atom. The second-order valence-corrected chi connectivity index (χ2v) is 6.84. The van der Waals surface area contributed by atoms with Gasteiger partial charge in [-0.25, -0.2) is 8.42 Å². The topological polar surface area (TPSA) is 83.5 Å². The van der Waals surface area contributed by atoms with Gasteiger partial charge in [0.05, 0.1) is 17.1 Å². The summed E-state index contributed by atoms with van der Waals surface area (Å²) in [6, 6.07) is 6.85. The molecule has 1 aromatic rings. The van der Waals surface area contributed by atoms with Gasteiger partial charge < -0.3 is 10.4 Å². The lowest BCUT2D eigenvalue weighted by Crippen LogP contribution is -2.20. The second-order valence-electron chi connectivity index (χ2n) is 4.73. The van der Waals surface area contributed by atoms with Gasteiger partial charge in [0.15, 0.2) is 9.84 Å². The molecule has 0 spiro atoms. The summed E-state index contributed by atoms with van der Waals surface area (Å²) in [7, 11) is -3.21. The van der Waals surface area contributed by atoms with E-state index in [1.165, 1.54) is 0 Å². The molecule has 0 saturated carbocycles. The number of unbranched alkanes of at least 4 members (excludes halogenated alkanes) is 1. The number of nitrogens with one attached hydrogen (secondary N) is 1. The molecule has 0 amide bonds. The molecule has 6 heteroatoms. The number of carbonyl (C=O) groups is 1. The van der Waals surface area contributed by atoms with Crippen molar-refractivity contribution in [3.63, 3.8) is 0 Å². The minimum absolute atomic E-state index is 0.0850. The van der Waals surface area contributed by atoms with Crippen molar-refractivity contribution in [2.45, 2.75) is 31.1 Å². The van der Waals surface area contributed by atoms with Gasteiger partial charge in [-0.1, -0.05) is 17.7 Å². The highest BCUT2D eigenvalue weighted by molar-refractivity contribution is 7.91. The molecule has 0 bridgehead atoms. The highest BCUT2D eigenvalue weighted by Crippen LogP contribution is 2.13. The molecule has 1 aromatic carbocycles. The first-order chi connectivity index (χ1) is 9.42. The predicted molar refractivity (Wildman–Crippen MR) is 77.6 cm³/mol. The van der Waals surface area contributed by atoms with Crippen LogP contribution in [0.3, 0.4) is 0 Å². The zero-order valence-corrected chi connectivity index (χ0v) is 12.4. The summed E-state index contributed by atoms with van der Waals surface area (Å²) in [5.41, 5.74) is 1.03.